The summed E-state index contributed by atoms with van der Waals surface area (Å²) in [6.45, 7) is 0.960. The molecule has 2 rings (SSSR count). The number of rotatable bonds is 4. The lowest BCUT2D eigenvalue weighted by molar-refractivity contribution is 0.413. The van der Waals surface area contributed by atoms with Crippen LogP contribution in [0.3, 0.4) is 0 Å². The molecule has 0 amide bonds. The molecule has 0 atom stereocenters. The van der Waals surface area contributed by atoms with E-state index in [0.29, 0.717) is 6.04 Å². The lowest BCUT2D eigenvalue weighted by atomic mass is 10.1. The van der Waals surface area contributed by atoms with E-state index in [0.717, 1.165) is 12.3 Å². The number of nitrogens with one attached hydrogen (secondary N) is 1. The van der Waals surface area contributed by atoms with Crippen molar-refractivity contribution in [1.82, 2.24) is 5.32 Å². The Morgan fingerprint density at radius 1 is 1.18 bits per heavy atom. The molecule has 1 saturated carbocycles. The van der Waals surface area contributed by atoms with E-state index in [2.05, 4.69) is 23.5 Å². The van der Waals surface area contributed by atoms with Gasteiger partial charge in [-0.3, -0.25) is 0 Å². The summed E-state index contributed by atoms with van der Waals surface area (Å²) in [7, 11) is 1.72. The standard InChI is InChI=1S/C15H23NO/c1-17-15-10-6-7-13(11-15)12-16-14-8-4-2-3-5-9-14/h6-7,10-11,14,16H,2-5,8-9,12H2,1H3. The van der Waals surface area contributed by atoms with Crippen LogP contribution in [0.25, 0.3) is 0 Å². The lowest BCUT2D eigenvalue weighted by Crippen LogP contribution is -2.27. The van der Waals surface area contributed by atoms with Crippen LogP contribution in [-0.2, 0) is 6.54 Å². The largest absolute Gasteiger partial charge is 0.497 e. The predicted octanol–water partition coefficient (Wildman–Crippen LogP) is 3.51. The first-order chi connectivity index (χ1) is 8.38. The van der Waals surface area contributed by atoms with Crippen molar-refractivity contribution in [2.24, 2.45) is 0 Å². The molecule has 0 unspecified atom stereocenters. The minimum absolute atomic E-state index is 0.712. The molecule has 0 spiro atoms. The van der Waals surface area contributed by atoms with Gasteiger partial charge in [-0.2, -0.15) is 0 Å². The minimum Gasteiger partial charge on any atom is -0.497 e. The molecule has 0 aromatic heterocycles. The number of hydrogen-bond donors (Lipinski definition) is 1. The summed E-state index contributed by atoms with van der Waals surface area (Å²) < 4.78 is 5.24. The lowest BCUT2D eigenvalue weighted by Gasteiger charge is -2.16. The minimum atomic E-state index is 0.712. The smallest absolute Gasteiger partial charge is 0.119 e. The SMILES string of the molecule is COc1cccc(CNC2CCCCCC2)c1. The van der Waals surface area contributed by atoms with Gasteiger partial charge in [-0.15, -0.1) is 0 Å². The zero-order chi connectivity index (χ0) is 11.9. The van der Waals surface area contributed by atoms with E-state index in [4.69, 9.17) is 4.74 Å². The fourth-order valence-electron chi connectivity index (χ4n) is 2.53. The van der Waals surface area contributed by atoms with Gasteiger partial charge in [0.25, 0.3) is 0 Å². The van der Waals surface area contributed by atoms with Crippen LogP contribution in [0, 0.1) is 0 Å². The summed E-state index contributed by atoms with van der Waals surface area (Å²) in [5, 5.41) is 3.67. The molecule has 17 heavy (non-hydrogen) atoms. The molecule has 2 heteroatoms. The molecule has 1 aromatic rings. The molecule has 1 N–H and O–H groups in total. The highest BCUT2D eigenvalue weighted by Gasteiger charge is 2.11. The van der Waals surface area contributed by atoms with Gasteiger partial charge in [-0.05, 0) is 30.5 Å². The first kappa shape index (κ1) is 12.4. The Bertz CT molecular complexity index is 329. The third-order valence-electron chi connectivity index (χ3n) is 3.58. The van der Waals surface area contributed by atoms with E-state index in [9.17, 15) is 0 Å². The molecule has 94 valence electrons. The van der Waals surface area contributed by atoms with Crippen molar-refractivity contribution in [3.63, 3.8) is 0 Å². The molecule has 1 aliphatic carbocycles. The highest BCUT2D eigenvalue weighted by atomic mass is 16.5. The van der Waals surface area contributed by atoms with Crippen LogP contribution in [0.4, 0.5) is 0 Å². The highest BCUT2D eigenvalue weighted by molar-refractivity contribution is 5.28. The quantitative estimate of drug-likeness (QED) is 0.804. The van der Waals surface area contributed by atoms with E-state index in [1.54, 1.807) is 7.11 Å². The number of ether oxygens (including phenoxy) is 1. The van der Waals surface area contributed by atoms with Crippen LogP contribution < -0.4 is 10.1 Å². The van der Waals surface area contributed by atoms with Crippen LogP contribution in [0.5, 0.6) is 5.75 Å². The molecular weight excluding hydrogens is 210 g/mol. The molecule has 1 aromatic carbocycles. The van der Waals surface area contributed by atoms with Gasteiger partial charge in [0.05, 0.1) is 7.11 Å². The van der Waals surface area contributed by atoms with Crippen LogP contribution >= 0.6 is 0 Å². The van der Waals surface area contributed by atoms with Crippen molar-refractivity contribution >= 4 is 0 Å². The van der Waals surface area contributed by atoms with Gasteiger partial charge in [-0.1, -0.05) is 37.8 Å². The molecule has 1 fully saturated rings. The van der Waals surface area contributed by atoms with Gasteiger partial charge >= 0.3 is 0 Å². The maximum atomic E-state index is 5.24. The summed E-state index contributed by atoms with van der Waals surface area (Å²) >= 11 is 0. The van der Waals surface area contributed by atoms with Gasteiger partial charge in [0.1, 0.15) is 5.75 Å². The molecule has 0 radical (unpaired) electrons. The van der Waals surface area contributed by atoms with E-state index in [-0.39, 0.29) is 0 Å². The van der Waals surface area contributed by atoms with Crippen molar-refractivity contribution in [3.8, 4) is 5.75 Å². The fraction of sp³-hybridized carbons (Fsp3) is 0.600. The van der Waals surface area contributed by atoms with Gasteiger partial charge in [0, 0.05) is 12.6 Å². The second kappa shape index (κ2) is 6.65. The van der Waals surface area contributed by atoms with Crippen molar-refractivity contribution in [1.29, 1.82) is 0 Å². The number of benzene rings is 1. The van der Waals surface area contributed by atoms with Crippen molar-refractivity contribution < 1.29 is 4.74 Å². The van der Waals surface area contributed by atoms with Gasteiger partial charge in [0.15, 0.2) is 0 Å². The summed E-state index contributed by atoms with van der Waals surface area (Å²) in [6, 6.07) is 9.04. The van der Waals surface area contributed by atoms with E-state index >= 15 is 0 Å². The maximum absolute atomic E-state index is 5.24. The van der Waals surface area contributed by atoms with Crippen molar-refractivity contribution in [3.05, 3.63) is 29.8 Å². The highest BCUT2D eigenvalue weighted by Crippen LogP contribution is 2.18. The Morgan fingerprint density at radius 2 is 1.94 bits per heavy atom. The monoisotopic (exact) mass is 233 g/mol. The van der Waals surface area contributed by atoms with Crippen LogP contribution in [0.1, 0.15) is 44.1 Å². The Kier molecular flexibility index (Phi) is 4.87. The molecule has 0 saturated heterocycles. The Hall–Kier alpha value is -1.02. The van der Waals surface area contributed by atoms with Crippen LogP contribution in [-0.4, -0.2) is 13.2 Å². The van der Waals surface area contributed by atoms with Gasteiger partial charge in [0.2, 0.25) is 0 Å². The third kappa shape index (κ3) is 4.04. The average Bonchev–Trinajstić information content (AvgIpc) is 2.65. The molecular formula is C15H23NO. The van der Waals surface area contributed by atoms with Crippen molar-refractivity contribution in [2.75, 3.05) is 7.11 Å². The second-order valence-corrected chi connectivity index (χ2v) is 4.92. The summed E-state index contributed by atoms with van der Waals surface area (Å²) in [4.78, 5) is 0. The predicted molar refractivity (Wildman–Crippen MR) is 71.3 cm³/mol. The average molecular weight is 233 g/mol. The molecule has 0 heterocycles. The molecule has 0 bridgehead atoms. The fourth-order valence-corrected chi connectivity index (χ4v) is 2.53. The first-order valence-electron chi connectivity index (χ1n) is 6.75. The first-order valence-corrected chi connectivity index (χ1v) is 6.75. The Morgan fingerprint density at radius 3 is 2.65 bits per heavy atom. The molecule has 0 aliphatic heterocycles. The maximum Gasteiger partial charge on any atom is 0.119 e. The van der Waals surface area contributed by atoms with Gasteiger partial charge < -0.3 is 10.1 Å². The second-order valence-electron chi connectivity index (χ2n) is 4.92. The summed E-state index contributed by atoms with van der Waals surface area (Å²) in [5.41, 5.74) is 1.31. The summed E-state index contributed by atoms with van der Waals surface area (Å²) in [5.74, 6) is 0.949. The van der Waals surface area contributed by atoms with Crippen molar-refractivity contribution in [2.45, 2.75) is 51.1 Å². The number of methoxy groups -OCH3 is 1. The van der Waals surface area contributed by atoms with Gasteiger partial charge in [-0.25, -0.2) is 0 Å². The van der Waals surface area contributed by atoms with Crippen LogP contribution in [0.15, 0.2) is 24.3 Å². The normalized spacial score (nSPS) is 17.7. The molecule has 2 nitrogen and oxygen atoms in total. The number of hydrogen-bond acceptors (Lipinski definition) is 2. The van der Waals surface area contributed by atoms with E-state index < -0.39 is 0 Å². The third-order valence-corrected chi connectivity index (χ3v) is 3.58. The Balaban J connectivity index is 1.83. The zero-order valence-corrected chi connectivity index (χ0v) is 10.7. The zero-order valence-electron chi connectivity index (χ0n) is 10.7. The van der Waals surface area contributed by atoms with E-state index in [1.165, 1.54) is 44.1 Å². The summed E-state index contributed by atoms with van der Waals surface area (Å²) in [6.07, 6.45) is 8.27. The Labute approximate surface area is 104 Å². The topological polar surface area (TPSA) is 21.3 Å². The molecule has 1 aliphatic rings. The van der Waals surface area contributed by atoms with E-state index in [1.807, 2.05) is 6.07 Å². The van der Waals surface area contributed by atoms with Crippen LogP contribution in [0.2, 0.25) is 0 Å².